The van der Waals surface area contributed by atoms with Crippen LogP contribution in [0.4, 0.5) is 15.8 Å². The molecule has 3 aliphatic rings. The third kappa shape index (κ3) is 4.94. The Morgan fingerprint density at radius 3 is 2.52 bits per heavy atom. The molecule has 2 N–H and O–H groups in total. The molecule has 212 valence electrons. The van der Waals surface area contributed by atoms with Crippen molar-refractivity contribution in [3.63, 3.8) is 0 Å². The number of morpholine rings is 1. The van der Waals surface area contributed by atoms with Crippen molar-refractivity contribution in [3.8, 4) is 5.75 Å². The zero-order valence-corrected chi connectivity index (χ0v) is 23.3. The average Bonchev–Trinajstić information content (AvgIpc) is 3.50. The quantitative estimate of drug-likeness (QED) is 0.371. The zero-order valence-electron chi connectivity index (χ0n) is 21.7. The fourth-order valence-corrected chi connectivity index (χ4v) is 6.47. The predicted molar refractivity (Wildman–Crippen MR) is 143 cm³/mol. The summed E-state index contributed by atoms with van der Waals surface area (Å²) in [5.41, 5.74) is 2.93. The summed E-state index contributed by atoms with van der Waals surface area (Å²) < 4.78 is 48.9. The predicted octanol–water partition coefficient (Wildman–Crippen LogP) is -1.89. The van der Waals surface area contributed by atoms with Gasteiger partial charge in [0.15, 0.2) is 5.69 Å². The first kappa shape index (κ1) is 28.0. The SMILES string of the molecule is CN1CCN(c2cc(N3CCOCC3)cn3c(=O)c(O)c(C4=NC=C(Cc5ccc(F)cc5)C4)[nH+]c23)S1(=O)=O.[Cl-]. The molecule has 0 aliphatic carbocycles. The van der Waals surface area contributed by atoms with Crippen molar-refractivity contribution in [1.29, 1.82) is 0 Å². The third-order valence-electron chi connectivity index (χ3n) is 7.30. The van der Waals surface area contributed by atoms with E-state index in [1.807, 2.05) is 4.90 Å². The molecule has 0 amide bonds. The number of halogens is 2. The number of benzene rings is 1. The molecule has 1 aromatic carbocycles. The molecule has 0 unspecified atom stereocenters. The smallest absolute Gasteiger partial charge is 0.385 e. The molecule has 2 saturated heterocycles. The minimum Gasteiger partial charge on any atom is -1.00 e. The van der Waals surface area contributed by atoms with Crippen molar-refractivity contribution in [3.05, 3.63) is 75.7 Å². The maximum atomic E-state index is 13.5. The maximum Gasteiger partial charge on any atom is 0.385 e. The number of H-pyrrole nitrogens is 1. The van der Waals surface area contributed by atoms with Crippen LogP contribution in [0.25, 0.3) is 5.65 Å². The summed E-state index contributed by atoms with van der Waals surface area (Å²) in [5.74, 6) is -0.819. The van der Waals surface area contributed by atoms with Gasteiger partial charge in [-0.1, -0.05) is 12.1 Å². The van der Waals surface area contributed by atoms with Crippen LogP contribution in [-0.4, -0.2) is 74.4 Å². The van der Waals surface area contributed by atoms with Gasteiger partial charge in [0, 0.05) is 45.8 Å². The number of aromatic hydroxyl groups is 1. The number of nitrogens with zero attached hydrogens (tertiary/aromatic N) is 5. The minimum absolute atomic E-state index is 0. The summed E-state index contributed by atoms with van der Waals surface area (Å²) in [6, 6.07) is 7.95. The van der Waals surface area contributed by atoms with Gasteiger partial charge in [0.25, 0.3) is 5.75 Å². The lowest BCUT2D eigenvalue weighted by molar-refractivity contribution is -0.353. The van der Waals surface area contributed by atoms with Gasteiger partial charge >= 0.3 is 21.4 Å². The van der Waals surface area contributed by atoms with Crippen LogP contribution in [-0.2, 0) is 21.4 Å². The zero-order chi connectivity index (χ0) is 27.3. The normalized spacial score (nSPS) is 19.1. The van der Waals surface area contributed by atoms with Gasteiger partial charge in [-0.25, -0.2) is 18.5 Å². The molecule has 3 aromatic rings. The number of hydrogen-bond acceptors (Lipinski definition) is 7. The number of allylic oxidation sites excluding steroid dienone is 1. The highest BCUT2D eigenvalue weighted by molar-refractivity contribution is 7.90. The molecule has 40 heavy (non-hydrogen) atoms. The van der Waals surface area contributed by atoms with E-state index in [9.17, 15) is 22.7 Å². The van der Waals surface area contributed by atoms with E-state index in [4.69, 9.17) is 4.74 Å². The van der Waals surface area contributed by atoms with Crippen molar-refractivity contribution < 1.29 is 40.0 Å². The number of fused-ring (bicyclic) bond motifs is 1. The number of ether oxygens (including phenoxy) is 1. The van der Waals surface area contributed by atoms with Crippen LogP contribution in [0, 0.1) is 5.82 Å². The lowest BCUT2D eigenvalue weighted by Gasteiger charge is -2.29. The summed E-state index contributed by atoms with van der Waals surface area (Å²) in [6.45, 7) is 2.70. The van der Waals surface area contributed by atoms with Crippen molar-refractivity contribution in [1.82, 2.24) is 8.71 Å². The van der Waals surface area contributed by atoms with Crippen molar-refractivity contribution in [2.75, 3.05) is 55.6 Å². The number of pyridine rings is 1. The Kier molecular flexibility index (Phi) is 7.57. The Hall–Kier alpha value is -3.52. The largest absolute Gasteiger partial charge is 1.00 e. The molecule has 14 heteroatoms. The second-order valence-electron chi connectivity index (χ2n) is 9.80. The van der Waals surface area contributed by atoms with Gasteiger partial charge in [0.1, 0.15) is 17.7 Å². The van der Waals surface area contributed by atoms with Gasteiger partial charge in [0.05, 0.1) is 24.6 Å². The summed E-state index contributed by atoms with van der Waals surface area (Å²) in [7, 11) is -2.29. The van der Waals surface area contributed by atoms with E-state index < -0.39 is 21.5 Å². The van der Waals surface area contributed by atoms with Crippen molar-refractivity contribution in [2.45, 2.75) is 12.8 Å². The van der Waals surface area contributed by atoms with Crippen LogP contribution in [0.1, 0.15) is 17.7 Å². The molecule has 6 rings (SSSR count). The maximum absolute atomic E-state index is 13.5. The fraction of sp³-hybridized carbons (Fsp3) is 0.346. The Balaban J connectivity index is 0.00000323. The van der Waals surface area contributed by atoms with Crippen LogP contribution in [0.2, 0.25) is 0 Å². The number of aliphatic imine (C=N–C) groups is 1. The van der Waals surface area contributed by atoms with Gasteiger partial charge in [-0.15, -0.1) is 0 Å². The summed E-state index contributed by atoms with van der Waals surface area (Å²) in [5, 5.41) is 11.0. The highest BCUT2D eigenvalue weighted by Crippen LogP contribution is 2.32. The first-order chi connectivity index (χ1) is 18.7. The Morgan fingerprint density at radius 1 is 1.12 bits per heavy atom. The van der Waals surface area contributed by atoms with Crippen LogP contribution in [0.5, 0.6) is 5.75 Å². The summed E-state index contributed by atoms with van der Waals surface area (Å²) >= 11 is 0. The van der Waals surface area contributed by atoms with E-state index in [1.165, 1.54) is 32.2 Å². The lowest BCUT2D eigenvalue weighted by atomic mass is 10.0. The second kappa shape index (κ2) is 10.8. The summed E-state index contributed by atoms with van der Waals surface area (Å²) in [6.07, 6.45) is 4.18. The van der Waals surface area contributed by atoms with E-state index in [1.54, 1.807) is 30.6 Å². The molecule has 0 bridgehead atoms. The molecule has 3 aliphatic heterocycles. The Bertz CT molecular complexity index is 1690. The highest BCUT2D eigenvalue weighted by atomic mass is 35.5. The molecule has 0 spiro atoms. The fourth-order valence-electron chi connectivity index (χ4n) is 5.12. The van der Waals surface area contributed by atoms with E-state index in [0.717, 1.165) is 11.1 Å². The number of hydrogen-bond donors (Lipinski definition) is 1. The molecule has 0 saturated carbocycles. The number of anilines is 2. The van der Waals surface area contributed by atoms with E-state index in [2.05, 4.69) is 9.98 Å². The van der Waals surface area contributed by atoms with Crippen LogP contribution < -0.4 is 32.2 Å². The molecule has 0 atom stereocenters. The number of aromatic amines is 1. The molecule has 5 heterocycles. The number of rotatable bonds is 5. The van der Waals surface area contributed by atoms with Gasteiger partial charge in [-0.3, -0.25) is 4.99 Å². The molecular weight excluding hydrogens is 563 g/mol. The van der Waals surface area contributed by atoms with Crippen LogP contribution in [0.15, 0.2) is 58.1 Å². The average molecular weight is 591 g/mol. The van der Waals surface area contributed by atoms with Crippen molar-refractivity contribution in [2.24, 2.45) is 4.99 Å². The Labute approximate surface area is 236 Å². The van der Waals surface area contributed by atoms with Crippen LogP contribution >= 0.6 is 0 Å². The summed E-state index contributed by atoms with van der Waals surface area (Å²) in [4.78, 5) is 23.1. The van der Waals surface area contributed by atoms with Gasteiger partial charge < -0.3 is 27.2 Å². The first-order valence-corrected chi connectivity index (χ1v) is 14.0. The number of likely N-dealkylation sites (N-methyl/N-ethyl adjacent to an activating group) is 1. The Morgan fingerprint density at radius 2 is 1.85 bits per heavy atom. The van der Waals surface area contributed by atoms with Crippen molar-refractivity contribution >= 4 is 32.9 Å². The van der Waals surface area contributed by atoms with Gasteiger partial charge in [-0.2, -0.15) is 17.1 Å². The molecular formula is C26H28ClFN6O5S. The first-order valence-electron chi connectivity index (χ1n) is 12.6. The molecule has 11 nitrogen and oxygen atoms in total. The molecule has 2 fully saturated rings. The monoisotopic (exact) mass is 590 g/mol. The minimum atomic E-state index is -3.80. The topological polar surface area (TPSA) is 121 Å². The molecule has 2 aromatic heterocycles. The van der Waals surface area contributed by atoms with E-state index in [-0.39, 0.29) is 36.1 Å². The van der Waals surface area contributed by atoms with E-state index in [0.29, 0.717) is 62.8 Å². The molecule has 0 radical (unpaired) electrons. The number of aromatic nitrogens is 2. The third-order valence-corrected chi connectivity index (χ3v) is 9.20. The second-order valence-corrected chi connectivity index (χ2v) is 11.8. The van der Waals surface area contributed by atoms with Crippen LogP contribution in [0.3, 0.4) is 0 Å². The van der Waals surface area contributed by atoms with Gasteiger partial charge in [-0.05, 0) is 35.8 Å². The highest BCUT2D eigenvalue weighted by Gasteiger charge is 2.38. The lowest BCUT2D eigenvalue weighted by Crippen LogP contribution is -3.00. The standard InChI is InChI=1S/C26H27FN6O5S.ClH/c1-30-6-7-33(39(30,36)37)22-14-20(31-8-10-38-11-9-31)16-32-25(22)29-23(24(34)26(32)35)21-13-18(15-28-21)12-17-2-4-19(27)5-3-17;/h2-5,14-16,34H,6-13H2,1H3;1H. The van der Waals surface area contributed by atoms with E-state index >= 15 is 0 Å². The van der Waals surface area contributed by atoms with Gasteiger partial charge in [0.2, 0.25) is 0 Å². The number of nitrogens with one attached hydrogen (secondary N) is 1.